The Morgan fingerprint density at radius 2 is 1.86 bits per heavy atom. The molecule has 21 heavy (non-hydrogen) atoms. The third-order valence-electron chi connectivity index (χ3n) is 3.42. The van der Waals surface area contributed by atoms with Crippen molar-refractivity contribution in [2.75, 3.05) is 18.6 Å². The molecule has 1 heterocycles. The molecular weight excluding hydrogens is 278 g/mol. The van der Waals surface area contributed by atoms with Crippen molar-refractivity contribution in [1.82, 2.24) is 15.1 Å². The number of rotatable bonds is 10. The Labute approximate surface area is 132 Å². The van der Waals surface area contributed by atoms with Gasteiger partial charge in [-0.25, -0.2) is 4.68 Å². The van der Waals surface area contributed by atoms with Crippen LogP contribution in [0.5, 0.6) is 0 Å². The quantitative estimate of drug-likeness (QED) is 0.675. The molecule has 1 aromatic heterocycles. The summed E-state index contributed by atoms with van der Waals surface area (Å²) in [5.74, 6) is 1.30. The van der Waals surface area contributed by atoms with Crippen LogP contribution < -0.4 is 5.32 Å². The number of thioether (sulfide) groups is 1. The van der Waals surface area contributed by atoms with E-state index in [0.29, 0.717) is 0 Å². The fraction of sp³-hybridized carbons (Fsp3) is 0.471. The summed E-state index contributed by atoms with van der Waals surface area (Å²) in [5, 5.41) is 8.07. The summed E-state index contributed by atoms with van der Waals surface area (Å²) in [6, 6.07) is 12.3. The highest BCUT2D eigenvalue weighted by Crippen LogP contribution is 2.07. The molecule has 0 unspecified atom stereocenters. The third-order valence-corrected chi connectivity index (χ3v) is 4.12. The largest absolute Gasteiger partial charge is 0.311 e. The van der Waals surface area contributed by atoms with E-state index in [2.05, 4.69) is 34.9 Å². The molecule has 4 heteroatoms. The van der Waals surface area contributed by atoms with E-state index in [1.54, 1.807) is 0 Å². The van der Waals surface area contributed by atoms with Gasteiger partial charge < -0.3 is 5.32 Å². The lowest BCUT2D eigenvalue weighted by Crippen LogP contribution is -2.15. The monoisotopic (exact) mass is 303 g/mol. The van der Waals surface area contributed by atoms with Crippen LogP contribution in [0.4, 0.5) is 0 Å². The van der Waals surface area contributed by atoms with Crippen LogP contribution in [0.2, 0.25) is 0 Å². The van der Waals surface area contributed by atoms with Gasteiger partial charge in [0.25, 0.3) is 0 Å². The van der Waals surface area contributed by atoms with Crippen LogP contribution >= 0.6 is 11.8 Å². The molecule has 3 nitrogen and oxygen atoms in total. The second-order valence-electron chi connectivity index (χ2n) is 5.17. The Bertz CT molecular complexity index is 496. The predicted molar refractivity (Wildman–Crippen MR) is 92.1 cm³/mol. The Morgan fingerprint density at radius 1 is 1.05 bits per heavy atom. The van der Waals surface area contributed by atoms with Crippen molar-refractivity contribution in [3.63, 3.8) is 0 Å². The fourth-order valence-corrected chi connectivity index (χ4v) is 2.74. The molecule has 0 spiro atoms. The SMILES string of the molecule is CSCCCCCCNCc1ccn(-c2ccccc2)n1. The number of aromatic nitrogens is 2. The first-order valence-corrected chi connectivity index (χ1v) is 9.09. The first kappa shape index (κ1) is 16.1. The maximum Gasteiger partial charge on any atom is 0.0766 e. The number of benzene rings is 1. The first-order chi connectivity index (χ1) is 10.4. The molecule has 2 aromatic rings. The molecule has 1 aromatic carbocycles. The lowest BCUT2D eigenvalue weighted by Gasteiger charge is -2.03. The lowest BCUT2D eigenvalue weighted by atomic mass is 10.2. The van der Waals surface area contributed by atoms with Crippen LogP contribution in [0, 0.1) is 0 Å². The van der Waals surface area contributed by atoms with Gasteiger partial charge in [-0.2, -0.15) is 16.9 Å². The zero-order valence-corrected chi connectivity index (χ0v) is 13.6. The average molecular weight is 303 g/mol. The minimum atomic E-state index is 0.852. The van der Waals surface area contributed by atoms with Crippen molar-refractivity contribution in [3.05, 3.63) is 48.3 Å². The van der Waals surface area contributed by atoms with E-state index in [0.717, 1.165) is 24.5 Å². The number of unbranched alkanes of at least 4 members (excludes halogenated alkanes) is 3. The molecule has 1 N–H and O–H groups in total. The first-order valence-electron chi connectivity index (χ1n) is 7.70. The van der Waals surface area contributed by atoms with E-state index in [-0.39, 0.29) is 0 Å². The molecule has 0 bridgehead atoms. The van der Waals surface area contributed by atoms with Gasteiger partial charge in [-0.15, -0.1) is 0 Å². The van der Waals surface area contributed by atoms with Gasteiger partial charge in [0.05, 0.1) is 11.4 Å². The Morgan fingerprint density at radius 3 is 2.67 bits per heavy atom. The average Bonchev–Trinajstić information content (AvgIpc) is 3.00. The molecule has 0 atom stereocenters. The van der Waals surface area contributed by atoms with Crippen LogP contribution in [0.3, 0.4) is 0 Å². The normalized spacial score (nSPS) is 10.9. The van der Waals surface area contributed by atoms with E-state index in [9.17, 15) is 0 Å². The Hall–Kier alpha value is -1.26. The third kappa shape index (κ3) is 5.94. The van der Waals surface area contributed by atoms with Crippen molar-refractivity contribution in [1.29, 1.82) is 0 Å². The number of para-hydroxylation sites is 1. The van der Waals surface area contributed by atoms with Crippen LogP contribution in [0.1, 0.15) is 31.4 Å². The second kappa shape index (κ2) is 9.64. The minimum Gasteiger partial charge on any atom is -0.311 e. The lowest BCUT2D eigenvalue weighted by molar-refractivity contribution is 0.592. The maximum absolute atomic E-state index is 4.59. The number of hydrogen-bond donors (Lipinski definition) is 1. The van der Waals surface area contributed by atoms with Crippen LogP contribution in [0.25, 0.3) is 5.69 Å². The summed E-state index contributed by atoms with van der Waals surface area (Å²) in [6.45, 7) is 1.93. The van der Waals surface area contributed by atoms with Gasteiger partial charge in [0.1, 0.15) is 0 Å². The van der Waals surface area contributed by atoms with Gasteiger partial charge in [0.2, 0.25) is 0 Å². The van der Waals surface area contributed by atoms with Gasteiger partial charge in [-0.05, 0) is 49.6 Å². The predicted octanol–water partition coefficient (Wildman–Crippen LogP) is 3.89. The highest BCUT2D eigenvalue weighted by Gasteiger charge is 2.00. The fourth-order valence-electron chi connectivity index (χ4n) is 2.25. The minimum absolute atomic E-state index is 0.852. The van der Waals surface area contributed by atoms with Crippen molar-refractivity contribution in [3.8, 4) is 5.69 Å². The van der Waals surface area contributed by atoms with Crippen molar-refractivity contribution < 1.29 is 0 Å². The summed E-state index contributed by atoms with van der Waals surface area (Å²) in [7, 11) is 0. The summed E-state index contributed by atoms with van der Waals surface area (Å²) in [4.78, 5) is 0. The van der Waals surface area contributed by atoms with Crippen molar-refractivity contribution in [2.24, 2.45) is 0 Å². The smallest absolute Gasteiger partial charge is 0.0766 e. The topological polar surface area (TPSA) is 29.9 Å². The van der Waals surface area contributed by atoms with Gasteiger partial charge >= 0.3 is 0 Å². The molecule has 0 fully saturated rings. The van der Waals surface area contributed by atoms with Crippen molar-refractivity contribution in [2.45, 2.75) is 32.2 Å². The second-order valence-corrected chi connectivity index (χ2v) is 6.16. The molecular formula is C17H25N3S. The molecule has 0 aliphatic heterocycles. The van der Waals surface area contributed by atoms with Gasteiger partial charge in [-0.3, -0.25) is 0 Å². The molecule has 0 amide bonds. The van der Waals surface area contributed by atoms with E-state index in [1.807, 2.05) is 40.8 Å². The summed E-state index contributed by atoms with van der Waals surface area (Å²) in [5.41, 5.74) is 2.21. The highest BCUT2D eigenvalue weighted by atomic mass is 32.2. The number of nitrogens with zero attached hydrogens (tertiary/aromatic N) is 2. The molecule has 0 aliphatic rings. The van der Waals surface area contributed by atoms with E-state index < -0.39 is 0 Å². The Kier molecular flexibility index (Phi) is 7.39. The van der Waals surface area contributed by atoms with E-state index in [4.69, 9.17) is 0 Å². The van der Waals surface area contributed by atoms with Crippen LogP contribution in [-0.2, 0) is 6.54 Å². The molecule has 0 radical (unpaired) electrons. The molecule has 0 aliphatic carbocycles. The molecule has 0 saturated carbocycles. The van der Waals surface area contributed by atoms with Gasteiger partial charge in [0, 0.05) is 12.7 Å². The van der Waals surface area contributed by atoms with Crippen molar-refractivity contribution >= 4 is 11.8 Å². The van der Waals surface area contributed by atoms with E-state index in [1.165, 1.54) is 31.4 Å². The number of hydrogen-bond acceptors (Lipinski definition) is 3. The molecule has 114 valence electrons. The Balaban J connectivity index is 1.63. The zero-order valence-electron chi connectivity index (χ0n) is 12.8. The standard InChI is InChI=1S/C17H25N3S/c1-21-14-8-3-2-7-12-18-15-16-11-13-20(19-16)17-9-5-4-6-10-17/h4-6,9-11,13,18H,2-3,7-8,12,14-15H2,1H3. The molecule has 2 rings (SSSR count). The van der Waals surface area contributed by atoms with Crippen LogP contribution in [0.15, 0.2) is 42.6 Å². The molecule has 0 saturated heterocycles. The van der Waals surface area contributed by atoms with Gasteiger partial charge in [0.15, 0.2) is 0 Å². The highest BCUT2D eigenvalue weighted by molar-refractivity contribution is 7.98. The van der Waals surface area contributed by atoms with Gasteiger partial charge in [-0.1, -0.05) is 31.0 Å². The van der Waals surface area contributed by atoms with Crippen LogP contribution in [-0.4, -0.2) is 28.3 Å². The maximum atomic E-state index is 4.59. The summed E-state index contributed by atoms with van der Waals surface area (Å²) in [6.07, 6.45) is 9.48. The van der Waals surface area contributed by atoms with E-state index >= 15 is 0 Å². The summed E-state index contributed by atoms with van der Waals surface area (Å²) >= 11 is 1.94. The number of nitrogens with one attached hydrogen (secondary N) is 1. The zero-order chi connectivity index (χ0) is 14.8. The summed E-state index contributed by atoms with van der Waals surface area (Å²) < 4.78 is 1.93.